The van der Waals surface area contributed by atoms with Gasteiger partial charge in [0.2, 0.25) is 5.91 Å². The van der Waals surface area contributed by atoms with Crippen LogP contribution in [0.15, 0.2) is 29.4 Å². The second-order valence-corrected chi connectivity index (χ2v) is 9.95. The Hall–Kier alpha value is -2.02. The highest BCUT2D eigenvalue weighted by atomic mass is 32.2. The van der Waals surface area contributed by atoms with Gasteiger partial charge in [0.1, 0.15) is 5.75 Å². The lowest BCUT2D eigenvalue weighted by atomic mass is 9.85. The molecule has 3 rings (SSSR count). The van der Waals surface area contributed by atoms with E-state index in [4.69, 9.17) is 4.74 Å². The van der Waals surface area contributed by atoms with E-state index in [0.29, 0.717) is 17.7 Å². The maximum absolute atomic E-state index is 12.9. The molecule has 0 spiro atoms. The van der Waals surface area contributed by atoms with E-state index in [9.17, 15) is 4.79 Å². The number of aromatic nitrogens is 3. The molecule has 1 aliphatic rings. The van der Waals surface area contributed by atoms with E-state index in [1.54, 1.807) is 7.11 Å². The minimum Gasteiger partial charge on any atom is -0.497 e. The van der Waals surface area contributed by atoms with Gasteiger partial charge in [0.15, 0.2) is 11.0 Å². The average molecular weight is 445 g/mol. The number of carbonyl (C=O) groups is 1. The Labute approximate surface area is 190 Å². The van der Waals surface area contributed by atoms with E-state index in [1.165, 1.54) is 31.0 Å². The average Bonchev–Trinajstić information content (AvgIpc) is 3.15. The number of methoxy groups -OCH3 is 1. The van der Waals surface area contributed by atoms with Crippen LogP contribution in [0.1, 0.15) is 66.3 Å². The maximum atomic E-state index is 12.9. The summed E-state index contributed by atoms with van der Waals surface area (Å²) in [5.41, 5.74) is 1.02. The first-order chi connectivity index (χ1) is 14.8. The summed E-state index contributed by atoms with van der Waals surface area (Å²) in [7, 11) is 1.67. The molecule has 1 aliphatic carbocycles. The number of nitrogens with zero attached hydrogens (tertiary/aromatic N) is 4. The van der Waals surface area contributed by atoms with Crippen molar-refractivity contribution in [3.8, 4) is 17.1 Å². The number of carbonyl (C=O) groups excluding carboxylic acids is 1. The van der Waals surface area contributed by atoms with Gasteiger partial charge < -0.3 is 9.64 Å². The van der Waals surface area contributed by atoms with Crippen molar-refractivity contribution in [1.82, 2.24) is 19.7 Å². The fraction of sp³-hybridized carbons (Fsp3) is 0.625. The molecule has 7 heteroatoms. The highest BCUT2D eigenvalue weighted by Gasteiger charge is 2.29. The van der Waals surface area contributed by atoms with Gasteiger partial charge in [-0.05, 0) is 70.7 Å². The Morgan fingerprint density at radius 1 is 1.13 bits per heavy atom. The Morgan fingerprint density at radius 3 is 2.35 bits per heavy atom. The molecule has 0 radical (unpaired) electrons. The largest absolute Gasteiger partial charge is 0.497 e. The van der Waals surface area contributed by atoms with Crippen molar-refractivity contribution in [2.24, 2.45) is 5.92 Å². The molecule has 0 bridgehead atoms. The van der Waals surface area contributed by atoms with E-state index in [0.717, 1.165) is 28.7 Å². The van der Waals surface area contributed by atoms with Crippen LogP contribution in [0.3, 0.4) is 0 Å². The van der Waals surface area contributed by atoms with Gasteiger partial charge in [0, 0.05) is 23.7 Å². The van der Waals surface area contributed by atoms with E-state index >= 15 is 0 Å². The fourth-order valence-electron chi connectivity index (χ4n) is 4.66. The molecular formula is C24H36N4O2S. The van der Waals surface area contributed by atoms with Crippen LogP contribution in [0.25, 0.3) is 11.4 Å². The van der Waals surface area contributed by atoms with Crippen molar-refractivity contribution in [2.75, 3.05) is 12.9 Å². The van der Waals surface area contributed by atoms with Crippen molar-refractivity contribution >= 4 is 17.7 Å². The van der Waals surface area contributed by atoms with Gasteiger partial charge in [-0.2, -0.15) is 0 Å². The summed E-state index contributed by atoms with van der Waals surface area (Å²) in [6, 6.07) is 8.69. The van der Waals surface area contributed by atoms with Crippen LogP contribution in [0, 0.1) is 5.92 Å². The first-order valence-corrected chi connectivity index (χ1v) is 12.3. The number of thioether (sulfide) groups is 1. The Balaban J connectivity index is 1.90. The molecule has 1 amide bonds. The minimum atomic E-state index is 0.146. The van der Waals surface area contributed by atoms with Gasteiger partial charge in [-0.3, -0.25) is 9.36 Å². The van der Waals surface area contributed by atoms with Gasteiger partial charge >= 0.3 is 0 Å². The van der Waals surface area contributed by atoms with Crippen molar-refractivity contribution in [3.05, 3.63) is 24.3 Å². The summed E-state index contributed by atoms with van der Waals surface area (Å²) < 4.78 is 7.60. The van der Waals surface area contributed by atoms with E-state index in [2.05, 4.69) is 49.4 Å². The van der Waals surface area contributed by atoms with Crippen LogP contribution < -0.4 is 4.74 Å². The first-order valence-electron chi connectivity index (χ1n) is 11.4. The van der Waals surface area contributed by atoms with Crippen molar-refractivity contribution < 1.29 is 9.53 Å². The van der Waals surface area contributed by atoms with Gasteiger partial charge in [-0.1, -0.05) is 31.5 Å². The second-order valence-electron chi connectivity index (χ2n) is 9.01. The van der Waals surface area contributed by atoms with Crippen LogP contribution >= 0.6 is 11.8 Å². The third kappa shape index (κ3) is 5.43. The molecule has 170 valence electrons. The molecule has 2 aromatic rings. The predicted molar refractivity (Wildman–Crippen MR) is 127 cm³/mol. The van der Waals surface area contributed by atoms with Crippen molar-refractivity contribution in [1.29, 1.82) is 0 Å². The molecule has 1 fully saturated rings. The molecule has 31 heavy (non-hydrogen) atoms. The number of rotatable bonds is 8. The highest BCUT2D eigenvalue weighted by molar-refractivity contribution is 7.99. The molecule has 2 atom stereocenters. The van der Waals surface area contributed by atoms with Crippen LogP contribution in [0.2, 0.25) is 0 Å². The highest BCUT2D eigenvalue weighted by Crippen LogP contribution is 2.39. The molecule has 6 nitrogen and oxygen atoms in total. The molecule has 1 aromatic carbocycles. The van der Waals surface area contributed by atoms with Crippen molar-refractivity contribution in [2.45, 2.75) is 83.6 Å². The number of amides is 1. The summed E-state index contributed by atoms with van der Waals surface area (Å²) >= 11 is 1.51. The molecule has 1 saturated carbocycles. The third-order valence-corrected chi connectivity index (χ3v) is 7.06. The monoisotopic (exact) mass is 444 g/mol. The molecule has 0 saturated heterocycles. The lowest BCUT2D eigenvalue weighted by molar-refractivity contribution is -0.131. The van der Waals surface area contributed by atoms with Crippen LogP contribution in [0.5, 0.6) is 5.75 Å². The second kappa shape index (κ2) is 10.5. The summed E-state index contributed by atoms with van der Waals surface area (Å²) in [4.78, 5) is 14.9. The third-order valence-electron chi connectivity index (χ3n) is 6.14. The standard InChI is InChI=1S/C24H36N4O2S/c1-16(2)27(17(3)4)22(29)15-31-24-26-25-23(19-11-13-20(30-6)14-12-19)28(24)21-10-8-7-9-18(21)5/h11-14,16-18,21H,7-10,15H2,1-6H3/t18-,21+/m1/s1. The van der Waals surface area contributed by atoms with Crippen LogP contribution in [-0.2, 0) is 4.79 Å². The van der Waals surface area contributed by atoms with Gasteiger partial charge in [0.05, 0.1) is 12.9 Å². The summed E-state index contributed by atoms with van der Waals surface area (Å²) in [6.45, 7) is 10.6. The summed E-state index contributed by atoms with van der Waals surface area (Å²) in [5, 5.41) is 9.95. The maximum Gasteiger partial charge on any atom is 0.233 e. The lowest BCUT2D eigenvalue weighted by Gasteiger charge is -2.32. The minimum absolute atomic E-state index is 0.146. The Kier molecular flexibility index (Phi) is 8.03. The van der Waals surface area contributed by atoms with E-state index in [1.807, 2.05) is 29.2 Å². The fourth-order valence-corrected chi connectivity index (χ4v) is 5.53. The topological polar surface area (TPSA) is 60.3 Å². The summed E-state index contributed by atoms with van der Waals surface area (Å²) in [6.07, 6.45) is 4.82. The Bertz CT molecular complexity index is 855. The lowest BCUT2D eigenvalue weighted by Crippen LogP contribution is -2.43. The van der Waals surface area contributed by atoms with Gasteiger partial charge in [-0.25, -0.2) is 0 Å². The van der Waals surface area contributed by atoms with E-state index < -0.39 is 0 Å². The number of benzene rings is 1. The van der Waals surface area contributed by atoms with Crippen molar-refractivity contribution in [3.63, 3.8) is 0 Å². The molecule has 1 heterocycles. The number of hydrogen-bond acceptors (Lipinski definition) is 5. The predicted octanol–water partition coefficient (Wildman–Crippen LogP) is 5.44. The zero-order valence-electron chi connectivity index (χ0n) is 19.7. The summed E-state index contributed by atoms with van der Waals surface area (Å²) in [5.74, 6) is 2.77. The van der Waals surface area contributed by atoms with Crippen LogP contribution in [0.4, 0.5) is 0 Å². The van der Waals surface area contributed by atoms with Crippen LogP contribution in [-0.4, -0.2) is 50.5 Å². The van der Waals surface area contributed by atoms with Gasteiger partial charge in [0.25, 0.3) is 0 Å². The zero-order valence-corrected chi connectivity index (χ0v) is 20.5. The molecule has 0 N–H and O–H groups in total. The zero-order chi connectivity index (χ0) is 22.5. The Morgan fingerprint density at radius 2 is 1.77 bits per heavy atom. The van der Waals surface area contributed by atoms with E-state index in [-0.39, 0.29) is 18.0 Å². The molecule has 0 aliphatic heterocycles. The molecule has 1 aromatic heterocycles. The SMILES string of the molecule is COc1ccc(-c2nnc(SCC(=O)N(C(C)C)C(C)C)n2[C@H]2CCCC[C@H]2C)cc1. The molecular weight excluding hydrogens is 408 g/mol. The number of hydrogen-bond donors (Lipinski definition) is 0. The van der Waals surface area contributed by atoms with Gasteiger partial charge in [-0.15, -0.1) is 10.2 Å². The molecule has 0 unspecified atom stereocenters. The smallest absolute Gasteiger partial charge is 0.233 e. The number of ether oxygens (including phenoxy) is 1. The first kappa shape index (κ1) is 23.6. The quantitative estimate of drug-likeness (QED) is 0.507. The normalized spacial score (nSPS) is 19.1.